The lowest BCUT2D eigenvalue weighted by Crippen LogP contribution is -2.44. The van der Waals surface area contributed by atoms with Gasteiger partial charge < -0.3 is 10.2 Å². The molecule has 0 bridgehead atoms. The molecule has 0 aliphatic carbocycles. The van der Waals surface area contributed by atoms with Crippen molar-refractivity contribution in [3.8, 4) is 0 Å². The van der Waals surface area contributed by atoms with E-state index in [0.29, 0.717) is 18.5 Å². The number of rotatable bonds is 3. The zero-order valence-electron chi connectivity index (χ0n) is 10.7. The number of carbonyl (C=O) groups excluding carboxylic acids is 1. The minimum absolute atomic E-state index is 0.291. The van der Waals surface area contributed by atoms with Crippen LogP contribution >= 0.6 is 11.8 Å². The minimum atomic E-state index is 0.291. The zero-order valence-corrected chi connectivity index (χ0v) is 11.5. The van der Waals surface area contributed by atoms with Crippen molar-refractivity contribution >= 4 is 17.7 Å². The lowest BCUT2D eigenvalue weighted by Gasteiger charge is -2.27. The molecule has 2 heterocycles. The van der Waals surface area contributed by atoms with Crippen LogP contribution in [0.5, 0.6) is 0 Å². The Hall–Kier alpha value is -0.260. The lowest BCUT2D eigenvalue weighted by molar-refractivity contribution is -0.132. The molecule has 1 amide bonds. The van der Waals surface area contributed by atoms with Crippen molar-refractivity contribution in [2.75, 3.05) is 51.3 Å². The molecule has 5 heteroatoms. The van der Waals surface area contributed by atoms with Gasteiger partial charge in [-0.1, -0.05) is 0 Å². The number of nitrogens with zero attached hydrogens (tertiary/aromatic N) is 2. The van der Waals surface area contributed by atoms with E-state index in [-0.39, 0.29) is 0 Å². The molecule has 2 fully saturated rings. The summed E-state index contributed by atoms with van der Waals surface area (Å²) in [5.74, 6) is 2.61. The Balaban J connectivity index is 1.78. The van der Waals surface area contributed by atoms with Crippen molar-refractivity contribution in [3.05, 3.63) is 0 Å². The molecule has 2 rings (SSSR count). The molecule has 17 heavy (non-hydrogen) atoms. The number of hydrogen-bond donors (Lipinski definition) is 1. The molecule has 2 saturated heterocycles. The molecule has 1 unspecified atom stereocenters. The Morgan fingerprint density at radius 2 is 2.35 bits per heavy atom. The van der Waals surface area contributed by atoms with E-state index in [9.17, 15) is 4.79 Å². The fourth-order valence-corrected chi connectivity index (χ4v) is 3.66. The Bertz CT molecular complexity index is 248. The monoisotopic (exact) mass is 257 g/mol. The van der Waals surface area contributed by atoms with Gasteiger partial charge in [0.1, 0.15) is 0 Å². The van der Waals surface area contributed by atoms with Gasteiger partial charge in [-0.25, -0.2) is 0 Å². The third-order valence-electron chi connectivity index (χ3n) is 3.64. The SMILES string of the molecule is CN(C(=O)CN1CCCNCC1)C1CCSC1. The van der Waals surface area contributed by atoms with E-state index < -0.39 is 0 Å². The smallest absolute Gasteiger partial charge is 0.236 e. The summed E-state index contributed by atoms with van der Waals surface area (Å²) in [7, 11) is 1.97. The summed E-state index contributed by atoms with van der Waals surface area (Å²) < 4.78 is 0. The Morgan fingerprint density at radius 3 is 3.12 bits per heavy atom. The van der Waals surface area contributed by atoms with Crippen molar-refractivity contribution in [1.82, 2.24) is 15.1 Å². The van der Waals surface area contributed by atoms with E-state index in [4.69, 9.17) is 0 Å². The Morgan fingerprint density at radius 1 is 1.47 bits per heavy atom. The van der Waals surface area contributed by atoms with Gasteiger partial charge in [0.05, 0.1) is 6.54 Å². The summed E-state index contributed by atoms with van der Waals surface area (Å²) in [6.07, 6.45) is 2.31. The van der Waals surface area contributed by atoms with Crippen LogP contribution < -0.4 is 5.32 Å². The molecule has 1 N–H and O–H groups in total. The highest BCUT2D eigenvalue weighted by molar-refractivity contribution is 7.99. The van der Waals surface area contributed by atoms with E-state index in [0.717, 1.165) is 44.8 Å². The van der Waals surface area contributed by atoms with E-state index >= 15 is 0 Å². The normalized spacial score (nSPS) is 26.8. The molecule has 98 valence electrons. The molecule has 4 nitrogen and oxygen atoms in total. The zero-order chi connectivity index (χ0) is 12.1. The molecule has 0 spiro atoms. The first-order valence-corrected chi connectivity index (χ1v) is 7.69. The fourth-order valence-electron chi connectivity index (χ4n) is 2.39. The number of carbonyl (C=O) groups is 1. The van der Waals surface area contributed by atoms with Crippen LogP contribution in [-0.2, 0) is 4.79 Å². The number of thioether (sulfide) groups is 1. The summed E-state index contributed by atoms with van der Waals surface area (Å²) in [5.41, 5.74) is 0. The lowest BCUT2D eigenvalue weighted by atomic mass is 10.2. The molecule has 2 aliphatic rings. The van der Waals surface area contributed by atoms with E-state index in [1.165, 1.54) is 5.75 Å². The van der Waals surface area contributed by atoms with Gasteiger partial charge in [0.2, 0.25) is 5.91 Å². The number of likely N-dealkylation sites (N-methyl/N-ethyl adjacent to an activating group) is 1. The number of nitrogens with one attached hydrogen (secondary N) is 1. The molecule has 1 atom stereocenters. The van der Waals surface area contributed by atoms with Crippen LogP contribution in [0.1, 0.15) is 12.8 Å². The third-order valence-corrected chi connectivity index (χ3v) is 4.78. The molecular weight excluding hydrogens is 234 g/mol. The van der Waals surface area contributed by atoms with E-state index in [2.05, 4.69) is 10.2 Å². The van der Waals surface area contributed by atoms with Crippen LogP contribution in [0.4, 0.5) is 0 Å². The van der Waals surface area contributed by atoms with Crippen LogP contribution in [0.3, 0.4) is 0 Å². The van der Waals surface area contributed by atoms with Crippen molar-refractivity contribution in [2.24, 2.45) is 0 Å². The van der Waals surface area contributed by atoms with Crippen molar-refractivity contribution in [3.63, 3.8) is 0 Å². The second kappa shape index (κ2) is 6.61. The van der Waals surface area contributed by atoms with E-state index in [1.807, 2.05) is 23.7 Å². The quantitative estimate of drug-likeness (QED) is 0.786. The Kier molecular flexibility index (Phi) is 5.13. The van der Waals surface area contributed by atoms with Crippen LogP contribution in [0, 0.1) is 0 Å². The number of hydrogen-bond acceptors (Lipinski definition) is 4. The second-order valence-corrected chi connectivity index (χ2v) is 6.05. The molecule has 0 aromatic carbocycles. The predicted octanol–water partition coefficient (Wildman–Crippen LogP) is 0.246. The molecule has 0 aromatic heterocycles. The maximum atomic E-state index is 12.2. The van der Waals surface area contributed by atoms with Gasteiger partial charge in [-0.15, -0.1) is 0 Å². The van der Waals surface area contributed by atoms with Gasteiger partial charge in [-0.2, -0.15) is 11.8 Å². The van der Waals surface area contributed by atoms with Gasteiger partial charge in [0.15, 0.2) is 0 Å². The summed E-state index contributed by atoms with van der Waals surface area (Å²) >= 11 is 1.96. The van der Waals surface area contributed by atoms with Crippen LogP contribution in [0.2, 0.25) is 0 Å². The topological polar surface area (TPSA) is 35.6 Å². The highest BCUT2D eigenvalue weighted by atomic mass is 32.2. The average Bonchev–Trinajstić information content (AvgIpc) is 2.74. The maximum absolute atomic E-state index is 12.2. The highest BCUT2D eigenvalue weighted by Crippen LogP contribution is 2.21. The highest BCUT2D eigenvalue weighted by Gasteiger charge is 2.24. The molecule has 0 aromatic rings. The van der Waals surface area contributed by atoms with Gasteiger partial charge in [-0.05, 0) is 31.7 Å². The third kappa shape index (κ3) is 3.86. The minimum Gasteiger partial charge on any atom is -0.341 e. The predicted molar refractivity (Wildman–Crippen MR) is 72.4 cm³/mol. The van der Waals surface area contributed by atoms with Gasteiger partial charge >= 0.3 is 0 Å². The number of amides is 1. The van der Waals surface area contributed by atoms with Crippen molar-refractivity contribution < 1.29 is 4.79 Å². The van der Waals surface area contributed by atoms with Gasteiger partial charge in [-0.3, -0.25) is 9.69 Å². The summed E-state index contributed by atoms with van der Waals surface area (Å²) in [5, 5.41) is 3.36. The first-order chi connectivity index (χ1) is 8.27. The van der Waals surface area contributed by atoms with Crippen LogP contribution in [0.15, 0.2) is 0 Å². The van der Waals surface area contributed by atoms with Gasteiger partial charge in [0, 0.05) is 31.9 Å². The van der Waals surface area contributed by atoms with Gasteiger partial charge in [0.25, 0.3) is 0 Å². The average molecular weight is 257 g/mol. The maximum Gasteiger partial charge on any atom is 0.236 e. The molecule has 0 radical (unpaired) electrons. The molecular formula is C12H23N3OS. The fraction of sp³-hybridized carbons (Fsp3) is 0.917. The van der Waals surface area contributed by atoms with Crippen molar-refractivity contribution in [2.45, 2.75) is 18.9 Å². The van der Waals surface area contributed by atoms with Crippen LogP contribution in [-0.4, -0.2) is 73.0 Å². The van der Waals surface area contributed by atoms with Crippen LogP contribution in [0.25, 0.3) is 0 Å². The van der Waals surface area contributed by atoms with Crippen molar-refractivity contribution in [1.29, 1.82) is 0 Å². The second-order valence-electron chi connectivity index (χ2n) is 4.90. The Labute approximate surface area is 108 Å². The first-order valence-electron chi connectivity index (χ1n) is 6.54. The molecule has 2 aliphatic heterocycles. The standard InChI is InChI=1S/C12H23N3OS/c1-14(11-3-8-17-10-11)12(16)9-15-6-2-4-13-5-7-15/h11,13H,2-10H2,1H3. The summed E-state index contributed by atoms with van der Waals surface area (Å²) in [6.45, 7) is 4.74. The largest absolute Gasteiger partial charge is 0.341 e. The molecule has 0 saturated carbocycles. The summed E-state index contributed by atoms with van der Waals surface area (Å²) in [6, 6.07) is 0.470. The first kappa shape index (κ1) is 13.2. The van der Waals surface area contributed by atoms with E-state index in [1.54, 1.807) is 0 Å². The summed E-state index contributed by atoms with van der Waals surface area (Å²) in [4.78, 5) is 16.4.